The fraction of sp³-hybridized carbons (Fsp3) is 0.0714. The Balaban J connectivity index is 1.84. The summed E-state index contributed by atoms with van der Waals surface area (Å²) in [6.45, 7) is 0. The lowest BCUT2D eigenvalue weighted by Gasteiger charge is -2.09. The van der Waals surface area contributed by atoms with Gasteiger partial charge in [-0.15, -0.1) is 0 Å². The number of methoxy groups -OCH3 is 1. The van der Waals surface area contributed by atoms with E-state index in [0.717, 1.165) is 0 Å². The van der Waals surface area contributed by atoms with Gasteiger partial charge in [0.2, 0.25) is 0 Å². The Labute approximate surface area is 121 Å². The second-order valence-corrected chi connectivity index (χ2v) is 4.26. The summed E-state index contributed by atoms with van der Waals surface area (Å²) in [6, 6.07) is 13.6. The van der Waals surface area contributed by atoms with E-state index in [1.165, 1.54) is 0 Å². The predicted molar refractivity (Wildman–Crippen MR) is 77.2 cm³/mol. The van der Waals surface area contributed by atoms with Crippen LogP contribution >= 0.6 is 11.6 Å². The number of hydrogen-bond donors (Lipinski definition) is 2. The number of hydrogen-bond acceptors (Lipinski definition) is 4. The van der Waals surface area contributed by atoms with Crippen molar-refractivity contribution in [1.82, 2.24) is 5.43 Å². The first kappa shape index (κ1) is 14.0. The monoisotopic (exact) mass is 292 g/mol. The summed E-state index contributed by atoms with van der Waals surface area (Å²) in [5.41, 5.74) is 5.81. The maximum Gasteiger partial charge on any atom is 0.431 e. The van der Waals surface area contributed by atoms with Gasteiger partial charge in [-0.25, -0.2) is 10.2 Å². The van der Waals surface area contributed by atoms with Gasteiger partial charge in [0.25, 0.3) is 0 Å². The molecule has 0 aliphatic rings. The van der Waals surface area contributed by atoms with Gasteiger partial charge in [0.05, 0.1) is 12.8 Å². The number of benzene rings is 2. The highest BCUT2D eigenvalue weighted by atomic mass is 35.5. The van der Waals surface area contributed by atoms with E-state index in [9.17, 15) is 4.79 Å². The zero-order chi connectivity index (χ0) is 14.4. The molecule has 2 rings (SSSR count). The predicted octanol–water partition coefficient (Wildman–Crippen LogP) is 3.46. The van der Waals surface area contributed by atoms with E-state index in [2.05, 4.69) is 10.9 Å². The summed E-state index contributed by atoms with van der Waals surface area (Å²) in [7, 11) is 1.57. The summed E-state index contributed by atoms with van der Waals surface area (Å²) >= 11 is 5.76. The molecule has 1 amide bonds. The highest BCUT2D eigenvalue weighted by Gasteiger charge is 2.03. The third kappa shape index (κ3) is 4.07. The second kappa shape index (κ2) is 6.68. The number of hydrazine groups is 1. The van der Waals surface area contributed by atoms with Crippen LogP contribution in [0, 0.1) is 0 Å². The first-order valence-electron chi connectivity index (χ1n) is 5.81. The van der Waals surface area contributed by atoms with Crippen LogP contribution in [0.15, 0.2) is 48.5 Å². The standard InChI is InChI=1S/C14H13ClN2O3/c1-19-12-6-8-13(9-7-12)20-14(18)17-16-11-4-2-10(15)3-5-11/h2-9,16H,1H3,(H,17,18). The molecule has 0 unspecified atom stereocenters. The van der Waals surface area contributed by atoms with Crippen LogP contribution in [-0.4, -0.2) is 13.2 Å². The van der Waals surface area contributed by atoms with Gasteiger partial charge < -0.3 is 9.47 Å². The maximum atomic E-state index is 11.6. The van der Waals surface area contributed by atoms with Crippen LogP contribution in [0.3, 0.4) is 0 Å². The normalized spacial score (nSPS) is 9.70. The van der Waals surface area contributed by atoms with Crippen molar-refractivity contribution in [1.29, 1.82) is 0 Å². The van der Waals surface area contributed by atoms with Crippen LogP contribution in [0.4, 0.5) is 10.5 Å². The van der Waals surface area contributed by atoms with E-state index in [4.69, 9.17) is 21.1 Å². The van der Waals surface area contributed by atoms with Gasteiger partial charge >= 0.3 is 6.09 Å². The number of nitrogens with one attached hydrogen (secondary N) is 2. The fourth-order valence-corrected chi connectivity index (χ4v) is 1.56. The van der Waals surface area contributed by atoms with Crippen LogP contribution in [0.25, 0.3) is 0 Å². The highest BCUT2D eigenvalue weighted by molar-refractivity contribution is 6.30. The Morgan fingerprint density at radius 2 is 1.60 bits per heavy atom. The van der Waals surface area contributed by atoms with Gasteiger partial charge in [-0.1, -0.05) is 11.6 Å². The molecule has 0 atom stereocenters. The van der Waals surface area contributed by atoms with Crippen LogP contribution in [-0.2, 0) is 0 Å². The van der Waals surface area contributed by atoms with Gasteiger partial charge in [0.1, 0.15) is 11.5 Å². The Hall–Kier alpha value is -2.40. The minimum absolute atomic E-state index is 0.418. The van der Waals surface area contributed by atoms with E-state index in [1.54, 1.807) is 55.6 Å². The fourth-order valence-electron chi connectivity index (χ4n) is 1.43. The van der Waals surface area contributed by atoms with Gasteiger partial charge in [-0.2, -0.15) is 0 Å². The molecule has 20 heavy (non-hydrogen) atoms. The number of carbonyl (C=O) groups is 1. The number of halogens is 1. The van der Waals surface area contributed by atoms with E-state index < -0.39 is 6.09 Å². The van der Waals surface area contributed by atoms with Gasteiger partial charge in [-0.05, 0) is 48.5 Å². The molecule has 2 aromatic rings. The molecule has 0 fully saturated rings. The average molecular weight is 293 g/mol. The van der Waals surface area contributed by atoms with E-state index in [0.29, 0.717) is 22.2 Å². The maximum absolute atomic E-state index is 11.6. The zero-order valence-corrected chi connectivity index (χ0v) is 11.5. The quantitative estimate of drug-likeness (QED) is 0.847. The first-order valence-corrected chi connectivity index (χ1v) is 6.18. The molecule has 2 N–H and O–H groups in total. The summed E-state index contributed by atoms with van der Waals surface area (Å²) in [6.07, 6.45) is -0.620. The Morgan fingerprint density at radius 1 is 1.00 bits per heavy atom. The van der Waals surface area contributed by atoms with Crippen molar-refractivity contribution in [3.8, 4) is 11.5 Å². The van der Waals surface area contributed by atoms with E-state index >= 15 is 0 Å². The van der Waals surface area contributed by atoms with Crippen molar-refractivity contribution >= 4 is 23.4 Å². The van der Waals surface area contributed by atoms with Crippen molar-refractivity contribution in [2.24, 2.45) is 0 Å². The van der Waals surface area contributed by atoms with E-state index in [1.807, 2.05) is 0 Å². The molecule has 0 aliphatic carbocycles. The summed E-state index contributed by atoms with van der Waals surface area (Å²) < 4.78 is 10.1. The first-order chi connectivity index (χ1) is 9.67. The van der Waals surface area contributed by atoms with Crippen LogP contribution in [0.2, 0.25) is 5.02 Å². The molecule has 0 radical (unpaired) electrons. The van der Waals surface area contributed by atoms with Gasteiger partial charge in [0, 0.05) is 5.02 Å². The van der Waals surface area contributed by atoms with Gasteiger partial charge in [0.15, 0.2) is 0 Å². The minimum Gasteiger partial charge on any atom is -0.497 e. The Bertz CT molecular complexity index is 570. The van der Waals surface area contributed by atoms with Crippen LogP contribution < -0.4 is 20.3 Å². The third-order valence-electron chi connectivity index (χ3n) is 2.42. The lowest BCUT2D eigenvalue weighted by Crippen LogP contribution is -2.32. The van der Waals surface area contributed by atoms with E-state index in [-0.39, 0.29) is 0 Å². The number of anilines is 1. The number of carbonyl (C=O) groups excluding carboxylic acids is 1. The lowest BCUT2D eigenvalue weighted by molar-refractivity contribution is 0.202. The molecule has 0 heterocycles. The van der Waals surface area contributed by atoms with Crippen molar-refractivity contribution < 1.29 is 14.3 Å². The largest absolute Gasteiger partial charge is 0.497 e. The molecular weight excluding hydrogens is 280 g/mol. The number of amides is 1. The van der Waals surface area contributed by atoms with Crippen molar-refractivity contribution in [2.75, 3.05) is 12.5 Å². The zero-order valence-electron chi connectivity index (χ0n) is 10.7. The summed E-state index contributed by atoms with van der Waals surface area (Å²) in [5.74, 6) is 1.11. The molecule has 104 valence electrons. The molecule has 0 saturated heterocycles. The third-order valence-corrected chi connectivity index (χ3v) is 2.68. The van der Waals surface area contributed by atoms with Crippen molar-refractivity contribution in [2.45, 2.75) is 0 Å². The highest BCUT2D eigenvalue weighted by Crippen LogP contribution is 2.17. The number of rotatable bonds is 4. The topological polar surface area (TPSA) is 59.6 Å². The Kier molecular flexibility index (Phi) is 4.68. The molecule has 0 spiro atoms. The molecule has 6 heteroatoms. The average Bonchev–Trinajstić information content (AvgIpc) is 2.47. The van der Waals surface area contributed by atoms with Crippen molar-refractivity contribution in [3.63, 3.8) is 0 Å². The van der Waals surface area contributed by atoms with Crippen molar-refractivity contribution in [3.05, 3.63) is 53.6 Å². The molecular formula is C14H13ClN2O3. The molecule has 0 aromatic heterocycles. The smallest absolute Gasteiger partial charge is 0.431 e. The molecule has 2 aromatic carbocycles. The minimum atomic E-state index is -0.620. The SMILES string of the molecule is COc1ccc(OC(=O)NNc2ccc(Cl)cc2)cc1. The van der Waals surface area contributed by atoms with Crippen LogP contribution in [0.5, 0.6) is 11.5 Å². The summed E-state index contributed by atoms with van der Waals surface area (Å²) in [5, 5.41) is 0.622. The van der Waals surface area contributed by atoms with Gasteiger partial charge in [-0.3, -0.25) is 5.43 Å². The number of ether oxygens (including phenoxy) is 2. The second-order valence-electron chi connectivity index (χ2n) is 3.82. The molecule has 0 aliphatic heterocycles. The molecule has 0 saturated carbocycles. The lowest BCUT2D eigenvalue weighted by atomic mass is 10.3. The molecule has 0 bridgehead atoms. The van der Waals surface area contributed by atoms with Crippen LogP contribution in [0.1, 0.15) is 0 Å². The Morgan fingerprint density at radius 3 is 2.20 bits per heavy atom. The molecule has 5 nitrogen and oxygen atoms in total. The summed E-state index contributed by atoms with van der Waals surface area (Å²) in [4.78, 5) is 11.6.